The van der Waals surface area contributed by atoms with Crippen LogP contribution in [0.1, 0.15) is 0 Å². The first-order valence-electron chi connectivity index (χ1n) is 5.70. The van der Waals surface area contributed by atoms with Gasteiger partial charge in [-0.3, -0.25) is 0 Å². The lowest BCUT2D eigenvalue weighted by atomic mass is 10.0. The minimum Gasteiger partial charge on any atom is -0.489 e. The first-order chi connectivity index (χ1) is 8.34. The molecule has 0 amide bonds. The van der Waals surface area contributed by atoms with Crippen LogP contribution in [0.25, 0.3) is 11.1 Å². The Morgan fingerprint density at radius 1 is 1.06 bits per heavy atom. The summed E-state index contributed by atoms with van der Waals surface area (Å²) >= 11 is 0. The third-order valence-electron chi connectivity index (χ3n) is 2.90. The number of fused-ring (bicyclic) bond motifs is 1. The summed E-state index contributed by atoms with van der Waals surface area (Å²) < 4.78 is 5.62. The second kappa shape index (κ2) is 4.01. The molecule has 3 nitrogen and oxygen atoms in total. The maximum Gasteiger partial charge on any atom is 0.145 e. The van der Waals surface area contributed by atoms with Crippen LogP contribution in [0, 0.1) is 0 Å². The molecule has 1 aliphatic heterocycles. The van der Waals surface area contributed by atoms with E-state index in [1.807, 2.05) is 30.3 Å². The van der Waals surface area contributed by atoms with Crippen molar-refractivity contribution in [3.05, 3.63) is 42.5 Å². The fourth-order valence-electron chi connectivity index (χ4n) is 2.07. The van der Waals surface area contributed by atoms with Gasteiger partial charge in [0.15, 0.2) is 0 Å². The summed E-state index contributed by atoms with van der Waals surface area (Å²) in [5, 5.41) is 3.26. The molecule has 0 radical (unpaired) electrons. The van der Waals surface area contributed by atoms with Crippen molar-refractivity contribution >= 4 is 11.4 Å². The Bertz CT molecular complexity index is 537. The number of benzene rings is 2. The van der Waals surface area contributed by atoms with E-state index < -0.39 is 0 Å². The van der Waals surface area contributed by atoms with Crippen LogP contribution >= 0.6 is 0 Å². The number of hydrogen-bond donors (Lipinski definition) is 2. The summed E-state index contributed by atoms with van der Waals surface area (Å²) in [5.41, 5.74) is 9.92. The Kier molecular flexibility index (Phi) is 2.37. The van der Waals surface area contributed by atoms with Gasteiger partial charge >= 0.3 is 0 Å². The maximum absolute atomic E-state index is 6.04. The van der Waals surface area contributed by atoms with Crippen LogP contribution in [-0.2, 0) is 0 Å². The van der Waals surface area contributed by atoms with Crippen LogP contribution in [0.4, 0.5) is 11.4 Å². The van der Waals surface area contributed by atoms with E-state index in [2.05, 4.69) is 17.4 Å². The molecule has 3 rings (SSSR count). The zero-order valence-corrected chi connectivity index (χ0v) is 9.44. The zero-order valence-electron chi connectivity index (χ0n) is 9.44. The largest absolute Gasteiger partial charge is 0.489 e. The molecule has 3 N–H and O–H groups in total. The molecule has 1 aliphatic rings. The second-order valence-corrected chi connectivity index (χ2v) is 4.08. The molecule has 0 fully saturated rings. The molecule has 0 unspecified atom stereocenters. The summed E-state index contributed by atoms with van der Waals surface area (Å²) in [6, 6.07) is 14.2. The van der Waals surface area contributed by atoms with Crippen LogP contribution in [0.3, 0.4) is 0 Å². The van der Waals surface area contributed by atoms with Crippen LogP contribution in [0.2, 0.25) is 0 Å². The van der Waals surface area contributed by atoms with Gasteiger partial charge in [-0.25, -0.2) is 0 Å². The lowest BCUT2D eigenvalue weighted by molar-refractivity contribution is 0.324. The van der Waals surface area contributed by atoms with E-state index in [1.54, 1.807) is 0 Å². The van der Waals surface area contributed by atoms with Crippen LogP contribution in [0.15, 0.2) is 42.5 Å². The van der Waals surface area contributed by atoms with Crippen LogP contribution in [0.5, 0.6) is 5.75 Å². The normalized spacial score (nSPS) is 13.4. The molecule has 3 heteroatoms. The van der Waals surface area contributed by atoms with E-state index in [1.165, 1.54) is 0 Å². The average molecular weight is 226 g/mol. The van der Waals surface area contributed by atoms with Crippen molar-refractivity contribution < 1.29 is 4.74 Å². The van der Waals surface area contributed by atoms with Crippen molar-refractivity contribution in [3.8, 4) is 16.9 Å². The molecule has 86 valence electrons. The van der Waals surface area contributed by atoms with Gasteiger partial charge in [0.25, 0.3) is 0 Å². The fraction of sp³-hybridized carbons (Fsp3) is 0.143. The average Bonchev–Trinajstić information content (AvgIpc) is 2.40. The number of anilines is 2. The van der Waals surface area contributed by atoms with Crippen molar-refractivity contribution in [2.75, 3.05) is 24.2 Å². The molecule has 0 saturated heterocycles. The Labute approximate surface area is 100 Å². The molecule has 0 aromatic heterocycles. The highest BCUT2D eigenvalue weighted by atomic mass is 16.5. The first kappa shape index (κ1) is 10.0. The van der Waals surface area contributed by atoms with Gasteiger partial charge in [0.1, 0.15) is 18.0 Å². The van der Waals surface area contributed by atoms with E-state index in [0.717, 1.165) is 34.8 Å². The zero-order chi connectivity index (χ0) is 11.7. The highest BCUT2D eigenvalue weighted by molar-refractivity contribution is 5.82. The summed E-state index contributed by atoms with van der Waals surface area (Å²) in [6.07, 6.45) is 0. The Balaban J connectivity index is 2.11. The Hall–Kier alpha value is -2.16. The molecular formula is C14H14N2O. The maximum atomic E-state index is 6.04. The first-order valence-corrected chi connectivity index (χ1v) is 5.70. The SMILES string of the molecule is Nc1cc(-c2ccccc2)cc2c1NCCO2. The number of nitrogens with two attached hydrogens (primary N) is 1. The minimum atomic E-state index is 0.685. The van der Waals surface area contributed by atoms with E-state index in [9.17, 15) is 0 Å². The van der Waals surface area contributed by atoms with Crippen molar-refractivity contribution in [2.45, 2.75) is 0 Å². The molecule has 0 saturated carbocycles. The lowest BCUT2D eigenvalue weighted by Gasteiger charge is -2.21. The number of ether oxygens (including phenoxy) is 1. The van der Waals surface area contributed by atoms with Crippen molar-refractivity contribution in [3.63, 3.8) is 0 Å². The van der Waals surface area contributed by atoms with E-state index >= 15 is 0 Å². The molecule has 1 heterocycles. The van der Waals surface area contributed by atoms with Gasteiger partial charge in [-0.2, -0.15) is 0 Å². The predicted molar refractivity (Wildman–Crippen MR) is 70.3 cm³/mol. The quantitative estimate of drug-likeness (QED) is 0.735. The Morgan fingerprint density at radius 2 is 1.88 bits per heavy atom. The van der Waals surface area contributed by atoms with Crippen molar-refractivity contribution in [1.29, 1.82) is 0 Å². The van der Waals surface area contributed by atoms with Gasteiger partial charge < -0.3 is 15.8 Å². The molecule has 0 bridgehead atoms. The smallest absolute Gasteiger partial charge is 0.145 e. The van der Waals surface area contributed by atoms with Crippen molar-refractivity contribution in [1.82, 2.24) is 0 Å². The van der Waals surface area contributed by atoms with Crippen molar-refractivity contribution in [2.24, 2.45) is 0 Å². The molecule has 2 aromatic rings. The van der Waals surface area contributed by atoms with Crippen LogP contribution in [-0.4, -0.2) is 13.2 Å². The van der Waals surface area contributed by atoms with E-state index in [4.69, 9.17) is 10.5 Å². The Morgan fingerprint density at radius 3 is 2.71 bits per heavy atom. The standard InChI is InChI=1S/C14H14N2O/c15-12-8-11(10-4-2-1-3-5-10)9-13-14(12)16-6-7-17-13/h1-5,8-9,16H,6-7,15H2. The van der Waals surface area contributed by atoms with Gasteiger partial charge in [0.05, 0.1) is 5.69 Å². The second-order valence-electron chi connectivity index (χ2n) is 4.08. The highest BCUT2D eigenvalue weighted by Crippen LogP contribution is 2.37. The van der Waals surface area contributed by atoms with E-state index in [0.29, 0.717) is 6.61 Å². The summed E-state index contributed by atoms with van der Waals surface area (Å²) in [4.78, 5) is 0. The third-order valence-corrected chi connectivity index (χ3v) is 2.90. The predicted octanol–water partition coefficient (Wildman–Crippen LogP) is 2.74. The number of rotatable bonds is 1. The molecule has 2 aromatic carbocycles. The molecular weight excluding hydrogens is 212 g/mol. The van der Waals surface area contributed by atoms with Gasteiger partial charge in [-0.05, 0) is 23.3 Å². The number of nitrogens with one attached hydrogen (secondary N) is 1. The minimum absolute atomic E-state index is 0.685. The van der Waals surface area contributed by atoms with Gasteiger partial charge in [0, 0.05) is 6.54 Å². The molecule has 17 heavy (non-hydrogen) atoms. The third kappa shape index (κ3) is 1.80. The van der Waals surface area contributed by atoms with E-state index in [-0.39, 0.29) is 0 Å². The van der Waals surface area contributed by atoms with Gasteiger partial charge in [-0.1, -0.05) is 30.3 Å². The molecule has 0 spiro atoms. The summed E-state index contributed by atoms with van der Waals surface area (Å²) in [6.45, 7) is 1.49. The fourth-order valence-corrected chi connectivity index (χ4v) is 2.07. The molecule has 0 aliphatic carbocycles. The summed E-state index contributed by atoms with van der Waals surface area (Å²) in [7, 11) is 0. The summed E-state index contributed by atoms with van der Waals surface area (Å²) in [5.74, 6) is 0.843. The number of nitrogen functional groups attached to an aromatic ring is 1. The highest BCUT2D eigenvalue weighted by Gasteiger charge is 2.14. The topological polar surface area (TPSA) is 47.3 Å². The molecule has 0 atom stereocenters. The van der Waals surface area contributed by atoms with Crippen LogP contribution < -0.4 is 15.8 Å². The van der Waals surface area contributed by atoms with Gasteiger partial charge in [-0.15, -0.1) is 0 Å². The number of hydrogen-bond acceptors (Lipinski definition) is 3. The van der Waals surface area contributed by atoms with Gasteiger partial charge in [0.2, 0.25) is 0 Å². The lowest BCUT2D eigenvalue weighted by Crippen LogP contribution is -2.19. The monoisotopic (exact) mass is 226 g/mol.